The number of allylic oxidation sites excluding steroid dienone is 1. The number of hydrogen-bond acceptors (Lipinski definition) is 3. The molecule has 0 saturated carbocycles. The standard InChI is InChI=1S/C16H26N2O3/c1-21-16(20)18-11-8-14(9-12-18)15(19)17-10-7-13-5-3-2-4-6-13/h5,14H,2-4,6-12H2,1H3,(H,17,19). The fourth-order valence-electron chi connectivity index (χ4n) is 3.08. The van der Waals surface area contributed by atoms with Gasteiger partial charge in [0, 0.05) is 25.6 Å². The lowest BCUT2D eigenvalue weighted by Crippen LogP contribution is -2.43. The quantitative estimate of drug-likeness (QED) is 0.810. The topological polar surface area (TPSA) is 58.6 Å². The molecule has 1 fully saturated rings. The Kier molecular flexibility index (Phi) is 6.08. The number of piperidine rings is 1. The molecule has 0 aromatic carbocycles. The highest BCUT2D eigenvalue weighted by atomic mass is 16.5. The number of nitrogens with one attached hydrogen (secondary N) is 1. The van der Waals surface area contributed by atoms with Crippen molar-refractivity contribution in [2.75, 3.05) is 26.7 Å². The van der Waals surface area contributed by atoms with Crippen molar-refractivity contribution in [2.45, 2.75) is 44.9 Å². The van der Waals surface area contributed by atoms with E-state index in [4.69, 9.17) is 4.74 Å². The van der Waals surface area contributed by atoms with E-state index in [1.165, 1.54) is 38.4 Å². The van der Waals surface area contributed by atoms with Crippen molar-refractivity contribution in [2.24, 2.45) is 5.92 Å². The van der Waals surface area contributed by atoms with Crippen molar-refractivity contribution in [3.63, 3.8) is 0 Å². The summed E-state index contributed by atoms with van der Waals surface area (Å²) in [6.07, 6.45) is 9.42. The lowest BCUT2D eigenvalue weighted by atomic mass is 9.95. The zero-order valence-corrected chi connectivity index (χ0v) is 12.9. The SMILES string of the molecule is COC(=O)N1CCC(C(=O)NCCC2=CCCCC2)CC1. The van der Waals surface area contributed by atoms with Gasteiger partial charge < -0.3 is 15.0 Å². The molecule has 0 atom stereocenters. The summed E-state index contributed by atoms with van der Waals surface area (Å²) >= 11 is 0. The monoisotopic (exact) mass is 294 g/mol. The molecule has 0 unspecified atom stereocenters. The largest absolute Gasteiger partial charge is 0.453 e. The van der Waals surface area contributed by atoms with Crippen molar-refractivity contribution < 1.29 is 14.3 Å². The van der Waals surface area contributed by atoms with E-state index in [0.717, 1.165) is 25.8 Å². The molecule has 1 N–H and O–H groups in total. The molecule has 0 spiro atoms. The van der Waals surface area contributed by atoms with E-state index < -0.39 is 0 Å². The smallest absolute Gasteiger partial charge is 0.409 e. The Hall–Kier alpha value is -1.52. The summed E-state index contributed by atoms with van der Waals surface area (Å²) in [4.78, 5) is 25.2. The summed E-state index contributed by atoms with van der Waals surface area (Å²) in [7, 11) is 1.39. The molecule has 118 valence electrons. The third kappa shape index (κ3) is 4.76. The Bertz CT molecular complexity index is 398. The number of rotatable bonds is 4. The van der Waals surface area contributed by atoms with E-state index in [0.29, 0.717) is 13.1 Å². The van der Waals surface area contributed by atoms with Gasteiger partial charge >= 0.3 is 6.09 Å². The zero-order valence-electron chi connectivity index (χ0n) is 12.9. The van der Waals surface area contributed by atoms with Crippen LogP contribution >= 0.6 is 0 Å². The van der Waals surface area contributed by atoms with Crippen LogP contribution in [0.5, 0.6) is 0 Å². The lowest BCUT2D eigenvalue weighted by molar-refractivity contribution is -0.126. The Morgan fingerprint density at radius 2 is 2.10 bits per heavy atom. The summed E-state index contributed by atoms with van der Waals surface area (Å²) in [5.74, 6) is 0.169. The second kappa shape index (κ2) is 8.05. The molecule has 1 saturated heterocycles. The number of carbonyl (C=O) groups is 2. The highest BCUT2D eigenvalue weighted by molar-refractivity contribution is 5.79. The second-order valence-electron chi connectivity index (χ2n) is 5.88. The number of methoxy groups -OCH3 is 1. The number of hydrogen-bond donors (Lipinski definition) is 1. The normalized spacial score (nSPS) is 19.9. The van der Waals surface area contributed by atoms with E-state index in [1.54, 1.807) is 4.90 Å². The second-order valence-corrected chi connectivity index (χ2v) is 5.88. The molecule has 2 rings (SSSR count). The number of nitrogens with zero attached hydrogens (tertiary/aromatic N) is 1. The first-order valence-electron chi connectivity index (χ1n) is 7.99. The predicted molar refractivity (Wildman–Crippen MR) is 80.9 cm³/mol. The Morgan fingerprint density at radius 3 is 2.71 bits per heavy atom. The third-order valence-electron chi connectivity index (χ3n) is 4.43. The van der Waals surface area contributed by atoms with E-state index >= 15 is 0 Å². The van der Waals surface area contributed by atoms with Crippen LogP contribution in [0.4, 0.5) is 4.79 Å². The van der Waals surface area contributed by atoms with Crippen LogP contribution in [0.3, 0.4) is 0 Å². The van der Waals surface area contributed by atoms with Crippen LogP contribution in [0.2, 0.25) is 0 Å². The van der Waals surface area contributed by atoms with Gasteiger partial charge in [-0.25, -0.2) is 4.79 Å². The average Bonchev–Trinajstić information content (AvgIpc) is 2.55. The van der Waals surface area contributed by atoms with Crippen LogP contribution < -0.4 is 5.32 Å². The highest BCUT2D eigenvalue weighted by Gasteiger charge is 2.27. The minimum atomic E-state index is -0.293. The molecule has 0 radical (unpaired) electrons. The summed E-state index contributed by atoms with van der Waals surface area (Å²) in [5, 5.41) is 3.04. The van der Waals surface area contributed by atoms with Crippen LogP contribution in [0.15, 0.2) is 11.6 Å². The number of likely N-dealkylation sites (tertiary alicyclic amines) is 1. The molecule has 5 nitrogen and oxygen atoms in total. The number of amides is 2. The van der Waals surface area contributed by atoms with Crippen molar-refractivity contribution in [1.29, 1.82) is 0 Å². The molecular formula is C16H26N2O3. The molecular weight excluding hydrogens is 268 g/mol. The van der Waals surface area contributed by atoms with Gasteiger partial charge in [0.2, 0.25) is 5.91 Å². The average molecular weight is 294 g/mol. The summed E-state index contributed by atoms with van der Waals surface area (Å²) in [5.41, 5.74) is 1.49. The molecule has 0 aromatic heterocycles. The fourth-order valence-corrected chi connectivity index (χ4v) is 3.08. The van der Waals surface area contributed by atoms with Crippen LogP contribution in [0.1, 0.15) is 44.9 Å². The summed E-state index contributed by atoms with van der Waals surface area (Å²) < 4.78 is 4.70. The maximum absolute atomic E-state index is 12.1. The van der Waals surface area contributed by atoms with Crippen LogP contribution in [0, 0.1) is 5.92 Å². The van der Waals surface area contributed by atoms with E-state index in [-0.39, 0.29) is 17.9 Å². The van der Waals surface area contributed by atoms with Crippen LogP contribution in [0.25, 0.3) is 0 Å². The lowest BCUT2D eigenvalue weighted by Gasteiger charge is -2.30. The van der Waals surface area contributed by atoms with Crippen LogP contribution in [-0.4, -0.2) is 43.6 Å². The fraction of sp³-hybridized carbons (Fsp3) is 0.750. The molecule has 2 amide bonds. The van der Waals surface area contributed by atoms with Gasteiger partial charge in [-0.05, 0) is 44.9 Å². The molecule has 0 bridgehead atoms. The van der Waals surface area contributed by atoms with Gasteiger partial charge in [0.25, 0.3) is 0 Å². The summed E-state index contributed by atoms with van der Waals surface area (Å²) in [6, 6.07) is 0. The highest BCUT2D eigenvalue weighted by Crippen LogP contribution is 2.20. The first-order valence-corrected chi connectivity index (χ1v) is 7.99. The molecule has 1 aliphatic heterocycles. The van der Waals surface area contributed by atoms with E-state index in [2.05, 4.69) is 11.4 Å². The van der Waals surface area contributed by atoms with Gasteiger partial charge in [-0.3, -0.25) is 4.79 Å². The molecule has 0 aromatic rings. The first kappa shape index (κ1) is 15.9. The molecule has 5 heteroatoms. The maximum Gasteiger partial charge on any atom is 0.409 e. The Morgan fingerprint density at radius 1 is 1.33 bits per heavy atom. The van der Waals surface area contributed by atoms with E-state index in [9.17, 15) is 9.59 Å². The van der Waals surface area contributed by atoms with Crippen molar-refractivity contribution >= 4 is 12.0 Å². The minimum absolute atomic E-state index is 0.0336. The van der Waals surface area contributed by atoms with Gasteiger partial charge in [0.05, 0.1) is 7.11 Å². The van der Waals surface area contributed by atoms with Gasteiger partial charge in [0.15, 0.2) is 0 Å². The number of ether oxygens (including phenoxy) is 1. The van der Waals surface area contributed by atoms with E-state index in [1.807, 2.05) is 0 Å². The van der Waals surface area contributed by atoms with Crippen LogP contribution in [-0.2, 0) is 9.53 Å². The van der Waals surface area contributed by atoms with Crippen molar-refractivity contribution in [3.05, 3.63) is 11.6 Å². The maximum atomic E-state index is 12.1. The first-order chi connectivity index (χ1) is 10.2. The Labute approximate surface area is 126 Å². The molecule has 21 heavy (non-hydrogen) atoms. The van der Waals surface area contributed by atoms with Gasteiger partial charge in [-0.2, -0.15) is 0 Å². The zero-order chi connectivity index (χ0) is 15.1. The number of carbonyl (C=O) groups excluding carboxylic acids is 2. The van der Waals surface area contributed by atoms with Crippen molar-refractivity contribution in [3.8, 4) is 0 Å². The predicted octanol–water partition coefficient (Wildman–Crippen LogP) is 2.47. The van der Waals surface area contributed by atoms with Gasteiger partial charge in [-0.1, -0.05) is 11.6 Å². The Balaban J connectivity index is 1.65. The van der Waals surface area contributed by atoms with Gasteiger partial charge in [0.1, 0.15) is 0 Å². The van der Waals surface area contributed by atoms with Crippen molar-refractivity contribution in [1.82, 2.24) is 10.2 Å². The molecule has 2 aliphatic rings. The third-order valence-corrected chi connectivity index (χ3v) is 4.43. The molecule has 1 heterocycles. The minimum Gasteiger partial charge on any atom is -0.453 e. The summed E-state index contributed by atoms with van der Waals surface area (Å²) in [6.45, 7) is 1.95. The van der Waals surface area contributed by atoms with Gasteiger partial charge in [-0.15, -0.1) is 0 Å². The molecule has 1 aliphatic carbocycles.